The van der Waals surface area contributed by atoms with E-state index in [0.717, 1.165) is 0 Å². The van der Waals surface area contributed by atoms with Crippen molar-refractivity contribution in [3.8, 4) is 5.69 Å². The number of aromatic nitrogens is 2. The highest BCUT2D eigenvalue weighted by Crippen LogP contribution is 2.43. The molecule has 26 heavy (non-hydrogen) atoms. The normalized spacial score (nSPS) is 12.5. The Kier molecular flexibility index (Phi) is 5.74. The molecule has 2 aromatic rings. The Balaban J connectivity index is 2.64. The Bertz CT molecular complexity index is 832. The molecule has 0 saturated carbocycles. The van der Waals surface area contributed by atoms with E-state index >= 15 is 0 Å². The zero-order chi connectivity index (χ0) is 19.9. The number of thioether (sulfide) groups is 1. The zero-order valence-electron chi connectivity index (χ0n) is 12.3. The molecule has 0 bridgehead atoms. The van der Waals surface area contributed by atoms with E-state index in [4.69, 9.17) is 28.9 Å². The van der Waals surface area contributed by atoms with Gasteiger partial charge < -0.3 is 5.73 Å². The lowest BCUT2D eigenvalue weighted by Crippen LogP contribution is -2.16. The molecule has 0 aliphatic rings. The van der Waals surface area contributed by atoms with Crippen molar-refractivity contribution in [1.29, 1.82) is 0 Å². The van der Waals surface area contributed by atoms with E-state index in [-0.39, 0.29) is 12.0 Å². The fourth-order valence-corrected chi connectivity index (χ4v) is 3.22. The number of carbonyl (C=O) groups is 1. The summed E-state index contributed by atoms with van der Waals surface area (Å²) in [6, 6.07) is 1.36. The standard InChI is InChI=1S/C13H7Cl2F6N3OS/c14-6-1-5(12(17,18)4-16)2-7(15)9(6)24-11(22)10(8(3-25)23-24)26-13(19,20)21/h1-3H,4,22H2. The van der Waals surface area contributed by atoms with Crippen molar-refractivity contribution in [2.24, 2.45) is 0 Å². The van der Waals surface area contributed by atoms with Gasteiger partial charge in [-0.2, -0.15) is 27.1 Å². The van der Waals surface area contributed by atoms with Crippen molar-refractivity contribution in [3.63, 3.8) is 0 Å². The number of anilines is 1. The predicted octanol–water partition coefficient (Wildman–Crippen LogP) is 5.25. The summed E-state index contributed by atoms with van der Waals surface area (Å²) < 4.78 is 77.8. The van der Waals surface area contributed by atoms with Gasteiger partial charge in [-0.05, 0) is 23.9 Å². The maximum absolute atomic E-state index is 13.5. The molecule has 0 unspecified atom stereocenters. The summed E-state index contributed by atoms with van der Waals surface area (Å²) in [6.45, 7) is -2.01. The second-order valence-electron chi connectivity index (χ2n) is 4.80. The average molecular weight is 438 g/mol. The molecule has 1 aromatic heterocycles. The molecule has 0 amide bonds. The number of benzene rings is 1. The van der Waals surface area contributed by atoms with E-state index in [9.17, 15) is 31.1 Å². The number of alkyl halides is 6. The Morgan fingerprint density at radius 1 is 1.19 bits per heavy atom. The van der Waals surface area contributed by atoms with E-state index in [2.05, 4.69) is 5.10 Å². The summed E-state index contributed by atoms with van der Waals surface area (Å²) in [5, 5.41) is 2.64. The number of hydrogen-bond donors (Lipinski definition) is 1. The molecule has 2 rings (SSSR count). The summed E-state index contributed by atoms with van der Waals surface area (Å²) in [7, 11) is 0. The molecule has 0 atom stereocenters. The van der Waals surface area contributed by atoms with E-state index in [1.165, 1.54) is 0 Å². The molecule has 1 heterocycles. The monoisotopic (exact) mass is 437 g/mol. The summed E-state index contributed by atoms with van der Waals surface area (Å²) >= 11 is 11.1. The molecule has 0 aliphatic carbocycles. The van der Waals surface area contributed by atoms with Gasteiger partial charge in [0.25, 0.3) is 0 Å². The molecule has 4 nitrogen and oxygen atoms in total. The smallest absolute Gasteiger partial charge is 0.383 e. The van der Waals surface area contributed by atoms with Gasteiger partial charge in [0.1, 0.15) is 17.2 Å². The Hall–Kier alpha value is -1.59. The number of nitrogens with zero attached hydrogens (tertiary/aromatic N) is 2. The molecular weight excluding hydrogens is 431 g/mol. The number of aldehydes is 1. The minimum atomic E-state index is -4.76. The lowest BCUT2D eigenvalue weighted by atomic mass is 10.1. The van der Waals surface area contributed by atoms with Gasteiger partial charge >= 0.3 is 11.4 Å². The highest BCUT2D eigenvalue weighted by Gasteiger charge is 2.36. The first-order valence-corrected chi connectivity index (χ1v) is 8.01. The van der Waals surface area contributed by atoms with Crippen LogP contribution in [0.25, 0.3) is 5.69 Å². The average Bonchev–Trinajstić information content (AvgIpc) is 2.81. The molecule has 0 aliphatic heterocycles. The van der Waals surface area contributed by atoms with E-state index in [0.29, 0.717) is 16.8 Å². The SMILES string of the molecule is Nc1c(SC(F)(F)F)c(C=O)nn1-c1c(Cl)cc(C(F)(F)CF)cc1Cl. The van der Waals surface area contributed by atoms with Crippen molar-refractivity contribution in [3.05, 3.63) is 33.4 Å². The van der Waals surface area contributed by atoms with Crippen molar-refractivity contribution >= 4 is 47.1 Å². The van der Waals surface area contributed by atoms with Crippen LogP contribution >= 0.6 is 35.0 Å². The summed E-state index contributed by atoms with van der Waals surface area (Å²) in [6.07, 6.45) is 0.0361. The number of nitrogens with two attached hydrogens (primary N) is 1. The van der Waals surface area contributed by atoms with Gasteiger partial charge in [0.15, 0.2) is 13.0 Å². The molecule has 1 aromatic carbocycles. The van der Waals surface area contributed by atoms with Crippen LogP contribution in [-0.2, 0) is 5.92 Å². The number of rotatable bonds is 5. The molecular formula is C13H7Cl2F6N3OS. The number of hydrogen-bond acceptors (Lipinski definition) is 4. The van der Waals surface area contributed by atoms with E-state index in [1.807, 2.05) is 0 Å². The lowest BCUT2D eigenvalue weighted by molar-refractivity contribution is -0.0328. The van der Waals surface area contributed by atoms with Gasteiger partial charge in [0.05, 0.1) is 14.9 Å². The van der Waals surface area contributed by atoms with Crippen LogP contribution in [0.1, 0.15) is 16.1 Å². The number of halogens is 8. The number of carbonyl (C=O) groups excluding carboxylic acids is 1. The van der Waals surface area contributed by atoms with Crippen molar-refractivity contribution in [1.82, 2.24) is 9.78 Å². The van der Waals surface area contributed by atoms with Crippen molar-refractivity contribution < 1.29 is 31.1 Å². The quantitative estimate of drug-likeness (QED) is 0.394. The van der Waals surface area contributed by atoms with Crippen LogP contribution in [0.15, 0.2) is 17.0 Å². The van der Waals surface area contributed by atoms with Gasteiger partial charge in [-0.15, -0.1) is 0 Å². The van der Waals surface area contributed by atoms with Crippen LogP contribution in [0.3, 0.4) is 0 Å². The van der Waals surface area contributed by atoms with Crippen LogP contribution in [0.2, 0.25) is 10.0 Å². The first-order chi connectivity index (χ1) is 11.9. The predicted molar refractivity (Wildman–Crippen MR) is 85.2 cm³/mol. The molecule has 142 valence electrons. The molecule has 13 heteroatoms. The van der Waals surface area contributed by atoms with E-state index in [1.54, 1.807) is 0 Å². The molecule has 2 N–H and O–H groups in total. The summed E-state index contributed by atoms with van der Waals surface area (Å²) in [4.78, 5) is 10.3. The Labute approximate surface area is 156 Å². The minimum absolute atomic E-state index is 0.0361. The highest BCUT2D eigenvalue weighted by atomic mass is 35.5. The second kappa shape index (κ2) is 7.20. The lowest BCUT2D eigenvalue weighted by Gasteiger charge is -2.16. The molecule has 0 saturated heterocycles. The second-order valence-corrected chi connectivity index (χ2v) is 6.69. The minimum Gasteiger partial charge on any atom is -0.383 e. The Morgan fingerprint density at radius 3 is 2.15 bits per heavy atom. The van der Waals surface area contributed by atoms with Gasteiger partial charge in [-0.3, -0.25) is 4.79 Å². The fraction of sp³-hybridized carbons (Fsp3) is 0.231. The molecule has 0 fully saturated rings. The topological polar surface area (TPSA) is 60.9 Å². The first-order valence-electron chi connectivity index (χ1n) is 6.44. The number of nitrogen functional groups attached to an aromatic ring is 1. The van der Waals surface area contributed by atoms with Gasteiger partial charge in [0.2, 0.25) is 0 Å². The largest absolute Gasteiger partial charge is 0.446 e. The third-order valence-electron chi connectivity index (χ3n) is 3.05. The van der Waals surface area contributed by atoms with Crippen molar-refractivity contribution in [2.75, 3.05) is 12.4 Å². The third-order valence-corrected chi connectivity index (χ3v) is 4.48. The van der Waals surface area contributed by atoms with Crippen LogP contribution in [0.5, 0.6) is 0 Å². The maximum Gasteiger partial charge on any atom is 0.446 e. The highest BCUT2D eigenvalue weighted by molar-refractivity contribution is 8.00. The van der Waals surface area contributed by atoms with Gasteiger partial charge in [-0.25, -0.2) is 9.07 Å². The molecule has 0 radical (unpaired) electrons. The fourth-order valence-electron chi connectivity index (χ4n) is 1.96. The maximum atomic E-state index is 13.5. The third kappa shape index (κ3) is 4.04. The summed E-state index contributed by atoms with van der Waals surface area (Å²) in [5.41, 5.74) is -0.980. The van der Waals surface area contributed by atoms with Gasteiger partial charge in [-0.1, -0.05) is 23.2 Å². The van der Waals surface area contributed by atoms with Crippen LogP contribution in [0.4, 0.5) is 32.2 Å². The van der Waals surface area contributed by atoms with Gasteiger partial charge in [0, 0.05) is 5.56 Å². The van der Waals surface area contributed by atoms with E-state index < -0.39 is 61.9 Å². The zero-order valence-corrected chi connectivity index (χ0v) is 14.6. The van der Waals surface area contributed by atoms with Crippen molar-refractivity contribution in [2.45, 2.75) is 16.3 Å². The van der Waals surface area contributed by atoms with Crippen LogP contribution in [0, 0.1) is 0 Å². The molecule has 0 spiro atoms. The Morgan fingerprint density at radius 2 is 1.73 bits per heavy atom. The summed E-state index contributed by atoms with van der Waals surface area (Å²) in [5.74, 6) is -4.49. The van der Waals surface area contributed by atoms with Crippen LogP contribution < -0.4 is 5.73 Å². The first kappa shape index (κ1) is 20.7. The van der Waals surface area contributed by atoms with Crippen LogP contribution in [-0.4, -0.2) is 28.2 Å².